The first-order chi connectivity index (χ1) is 8.51. The van der Waals surface area contributed by atoms with Crippen LogP contribution in [0.25, 0.3) is 0 Å². The molecule has 18 heavy (non-hydrogen) atoms. The van der Waals surface area contributed by atoms with Crippen LogP contribution in [0.2, 0.25) is 0 Å². The van der Waals surface area contributed by atoms with E-state index in [1.165, 1.54) is 0 Å². The summed E-state index contributed by atoms with van der Waals surface area (Å²) in [6.45, 7) is 6.11. The van der Waals surface area contributed by atoms with Gasteiger partial charge in [-0.05, 0) is 40.3 Å². The summed E-state index contributed by atoms with van der Waals surface area (Å²) in [6.07, 6.45) is 2.19. The van der Waals surface area contributed by atoms with Crippen molar-refractivity contribution in [2.45, 2.75) is 25.1 Å². The topological polar surface area (TPSA) is 32.3 Å². The van der Waals surface area contributed by atoms with Crippen molar-refractivity contribution in [1.29, 1.82) is 0 Å². The average Bonchev–Trinajstić information content (AvgIpc) is 2.71. The Labute approximate surface area is 114 Å². The minimum Gasteiger partial charge on any atom is -0.338 e. The maximum Gasteiger partial charge on any atom is 0.225 e. The highest BCUT2D eigenvalue weighted by molar-refractivity contribution is 7.99. The fourth-order valence-corrected chi connectivity index (χ4v) is 3.47. The second-order valence-electron chi connectivity index (χ2n) is 5.16. The Morgan fingerprint density at radius 2 is 1.83 bits per heavy atom. The smallest absolute Gasteiger partial charge is 0.225 e. The van der Waals surface area contributed by atoms with Crippen LogP contribution in [0.1, 0.15) is 11.4 Å². The summed E-state index contributed by atoms with van der Waals surface area (Å²) in [5.74, 6) is 0.885. The average molecular weight is 266 g/mol. The van der Waals surface area contributed by atoms with Crippen LogP contribution in [0.15, 0.2) is 6.07 Å². The van der Waals surface area contributed by atoms with Gasteiger partial charge in [0.1, 0.15) is 0 Å². The van der Waals surface area contributed by atoms with Crippen LogP contribution in [0.4, 0.5) is 5.95 Å². The Bertz CT molecular complexity index is 401. The quantitative estimate of drug-likeness (QED) is 0.829. The predicted molar refractivity (Wildman–Crippen MR) is 78.5 cm³/mol. The second kappa shape index (κ2) is 5.45. The molecule has 2 rings (SSSR count). The number of aromatic nitrogens is 2. The molecule has 0 amide bonds. The standard InChI is InChI=1S/C13H22N4S/c1-9-6-10(2)15-13(14-9)17-7-11(16(3)4)12(8-17)18-5/h6,11-12H,7-8H2,1-5H3. The fraction of sp³-hybridized carbons (Fsp3) is 0.692. The first-order valence-electron chi connectivity index (χ1n) is 6.27. The van der Waals surface area contributed by atoms with E-state index < -0.39 is 0 Å². The third-order valence-corrected chi connectivity index (χ3v) is 4.53. The van der Waals surface area contributed by atoms with Gasteiger partial charge in [0.25, 0.3) is 0 Å². The molecule has 5 heteroatoms. The molecule has 0 bridgehead atoms. The van der Waals surface area contributed by atoms with Gasteiger partial charge < -0.3 is 9.80 Å². The van der Waals surface area contributed by atoms with Crippen molar-refractivity contribution in [3.8, 4) is 0 Å². The van der Waals surface area contributed by atoms with E-state index in [1.807, 2.05) is 31.7 Å². The summed E-state index contributed by atoms with van der Waals surface area (Å²) < 4.78 is 0. The van der Waals surface area contributed by atoms with E-state index in [0.717, 1.165) is 30.4 Å². The van der Waals surface area contributed by atoms with Gasteiger partial charge in [-0.25, -0.2) is 9.97 Å². The van der Waals surface area contributed by atoms with Gasteiger partial charge in [-0.15, -0.1) is 0 Å². The zero-order valence-corrected chi connectivity index (χ0v) is 12.7. The lowest BCUT2D eigenvalue weighted by atomic mass is 10.2. The van der Waals surface area contributed by atoms with E-state index >= 15 is 0 Å². The van der Waals surface area contributed by atoms with Gasteiger partial charge in [-0.1, -0.05) is 0 Å². The Hall–Kier alpha value is -0.810. The van der Waals surface area contributed by atoms with E-state index in [1.54, 1.807) is 0 Å². The third kappa shape index (κ3) is 2.78. The number of thioether (sulfide) groups is 1. The first kappa shape index (κ1) is 13.6. The molecule has 1 aromatic rings. The van der Waals surface area contributed by atoms with Gasteiger partial charge in [0.2, 0.25) is 5.95 Å². The van der Waals surface area contributed by atoms with E-state index in [9.17, 15) is 0 Å². The Morgan fingerprint density at radius 3 is 2.28 bits per heavy atom. The van der Waals surface area contributed by atoms with Crippen LogP contribution >= 0.6 is 11.8 Å². The molecule has 2 atom stereocenters. The molecule has 4 nitrogen and oxygen atoms in total. The lowest BCUT2D eigenvalue weighted by Crippen LogP contribution is -2.36. The van der Waals surface area contributed by atoms with Crippen molar-refractivity contribution in [3.05, 3.63) is 17.5 Å². The van der Waals surface area contributed by atoms with E-state index in [4.69, 9.17) is 0 Å². The number of hydrogen-bond acceptors (Lipinski definition) is 5. The summed E-state index contributed by atoms with van der Waals surface area (Å²) in [5, 5.41) is 0.629. The van der Waals surface area contributed by atoms with Crippen molar-refractivity contribution < 1.29 is 0 Å². The van der Waals surface area contributed by atoms with Crippen LogP contribution in [-0.2, 0) is 0 Å². The molecule has 0 N–H and O–H groups in total. The molecule has 1 aromatic heterocycles. The highest BCUT2D eigenvalue weighted by Crippen LogP contribution is 2.26. The van der Waals surface area contributed by atoms with Crippen molar-refractivity contribution in [2.24, 2.45) is 0 Å². The van der Waals surface area contributed by atoms with Crippen LogP contribution < -0.4 is 4.90 Å². The largest absolute Gasteiger partial charge is 0.338 e. The van der Waals surface area contributed by atoms with Crippen molar-refractivity contribution in [1.82, 2.24) is 14.9 Å². The zero-order chi connectivity index (χ0) is 13.3. The van der Waals surface area contributed by atoms with Crippen molar-refractivity contribution in [3.63, 3.8) is 0 Å². The van der Waals surface area contributed by atoms with Crippen molar-refractivity contribution >= 4 is 17.7 Å². The maximum atomic E-state index is 4.57. The van der Waals surface area contributed by atoms with Gasteiger partial charge in [0.05, 0.1) is 0 Å². The minimum absolute atomic E-state index is 0.574. The SMILES string of the molecule is CSC1CN(c2nc(C)cc(C)n2)CC1N(C)C. The molecule has 0 aromatic carbocycles. The highest BCUT2D eigenvalue weighted by Gasteiger charge is 2.34. The first-order valence-corrected chi connectivity index (χ1v) is 7.56. The van der Waals surface area contributed by atoms with Crippen LogP contribution in [0, 0.1) is 13.8 Å². The molecular weight excluding hydrogens is 244 g/mol. The summed E-state index contributed by atoms with van der Waals surface area (Å²) in [4.78, 5) is 13.8. The van der Waals surface area contributed by atoms with E-state index in [2.05, 4.69) is 40.1 Å². The Kier molecular flexibility index (Phi) is 4.12. The monoisotopic (exact) mass is 266 g/mol. The zero-order valence-electron chi connectivity index (χ0n) is 11.8. The summed E-state index contributed by atoms with van der Waals surface area (Å²) in [6, 6.07) is 2.60. The molecule has 1 fully saturated rings. The van der Waals surface area contributed by atoms with Gasteiger partial charge in [-0.3, -0.25) is 0 Å². The predicted octanol–water partition coefficient (Wildman–Crippen LogP) is 1.58. The fourth-order valence-electron chi connectivity index (χ4n) is 2.50. The van der Waals surface area contributed by atoms with Gasteiger partial charge in [0, 0.05) is 35.8 Å². The van der Waals surface area contributed by atoms with Crippen molar-refractivity contribution in [2.75, 3.05) is 38.3 Å². The minimum atomic E-state index is 0.574. The highest BCUT2D eigenvalue weighted by atomic mass is 32.2. The van der Waals surface area contributed by atoms with E-state index in [0.29, 0.717) is 11.3 Å². The molecule has 0 aliphatic carbocycles. The lowest BCUT2D eigenvalue weighted by molar-refractivity contribution is 0.320. The number of anilines is 1. The van der Waals surface area contributed by atoms with Crippen LogP contribution in [-0.4, -0.2) is 59.6 Å². The Balaban J connectivity index is 2.20. The third-order valence-electron chi connectivity index (χ3n) is 3.46. The summed E-state index contributed by atoms with van der Waals surface area (Å²) in [5.41, 5.74) is 2.10. The molecule has 0 spiro atoms. The molecule has 2 heterocycles. The van der Waals surface area contributed by atoms with Crippen LogP contribution in [0.5, 0.6) is 0 Å². The van der Waals surface area contributed by atoms with E-state index in [-0.39, 0.29) is 0 Å². The summed E-state index contributed by atoms with van der Waals surface area (Å²) >= 11 is 1.94. The molecule has 0 saturated carbocycles. The number of nitrogens with zero attached hydrogens (tertiary/aromatic N) is 4. The number of likely N-dealkylation sites (N-methyl/N-ethyl adjacent to an activating group) is 1. The molecule has 1 saturated heterocycles. The number of hydrogen-bond donors (Lipinski definition) is 0. The molecule has 1 aliphatic heterocycles. The normalized spacial score (nSPS) is 24.0. The molecule has 1 aliphatic rings. The Morgan fingerprint density at radius 1 is 1.22 bits per heavy atom. The molecule has 2 unspecified atom stereocenters. The maximum absolute atomic E-state index is 4.57. The molecular formula is C13H22N4S. The van der Waals surface area contributed by atoms with Crippen LogP contribution in [0.3, 0.4) is 0 Å². The van der Waals surface area contributed by atoms with Gasteiger partial charge >= 0.3 is 0 Å². The lowest BCUT2D eigenvalue weighted by Gasteiger charge is -2.23. The van der Waals surface area contributed by atoms with Gasteiger partial charge in [0.15, 0.2) is 0 Å². The second-order valence-corrected chi connectivity index (χ2v) is 6.24. The summed E-state index contributed by atoms with van der Waals surface area (Å²) in [7, 11) is 4.31. The molecule has 0 radical (unpaired) electrons. The van der Waals surface area contributed by atoms with Gasteiger partial charge in [-0.2, -0.15) is 11.8 Å². The number of rotatable bonds is 3. The molecule has 100 valence electrons. The number of aryl methyl sites for hydroxylation is 2.